The van der Waals surface area contributed by atoms with Gasteiger partial charge in [0.25, 0.3) is 0 Å². The number of hydrogen-bond acceptors (Lipinski definition) is 4. The molecule has 4 rings (SSSR count). The lowest BCUT2D eigenvalue weighted by molar-refractivity contribution is 0.627. The predicted molar refractivity (Wildman–Crippen MR) is 83.1 cm³/mol. The zero-order chi connectivity index (χ0) is 14.2. The van der Waals surface area contributed by atoms with Crippen LogP contribution in [0.1, 0.15) is 29.1 Å². The van der Waals surface area contributed by atoms with Crippen molar-refractivity contribution < 1.29 is 4.39 Å². The maximum atomic E-state index is 13.4. The summed E-state index contributed by atoms with van der Waals surface area (Å²) in [4.78, 5) is 6.92. The van der Waals surface area contributed by atoms with Crippen molar-refractivity contribution in [1.82, 2.24) is 10.3 Å². The Kier molecular flexibility index (Phi) is 3.39. The van der Waals surface area contributed by atoms with Gasteiger partial charge in [-0.2, -0.15) is 0 Å². The summed E-state index contributed by atoms with van der Waals surface area (Å²) in [5, 5.41) is 6.76. The second-order valence-corrected chi connectivity index (χ2v) is 6.77. The summed E-state index contributed by atoms with van der Waals surface area (Å²) in [6.07, 6.45) is 3.60. The molecule has 2 aromatic rings. The molecular formula is C16H18FN3S. The maximum absolute atomic E-state index is 13.4. The molecule has 5 heteroatoms. The van der Waals surface area contributed by atoms with E-state index in [-0.39, 0.29) is 5.82 Å². The standard InChI is InChI=1S/C16H18FN3S/c17-12-2-1-11-5-6-20(15(11)7-12)9-14-10-21-16(19-14)8-18-13-3-4-13/h1-2,7,10,13,18H,3-6,8-9H2. The van der Waals surface area contributed by atoms with E-state index in [4.69, 9.17) is 0 Å². The number of aromatic nitrogens is 1. The molecule has 0 amide bonds. The fourth-order valence-electron chi connectivity index (χ4n) is 2.80. The van der Waals surface area contributed by atoms with Gasteiger partial charge < -0.3 is 10.2 Å². The van der Waals surface area contributed by atoms with Crippen LogP contribution in [0.3, 0.4) is 0 Å². The van der Waals surface area contributed by atoms with E-state index in [1.165, 1.54) is 18.4 Å². The topological polar surface area (TPSA) is 28.2 Å². The largest absolute Gasteiger partial charge is 0.365 e. The molecule has 1 fully saturated rings. The molecule has 1 N–H and O–H groups in total. The van der Waals surface area contributed by atoms with Crippen molar-refractivity contribution in [2.24, 2.45) is 0 Å². The third-order valence-corrected chi connectivity index (χ3v) is 5.01. The molecule has 1 aliphatic heterocycles. The Balaban J connectivity index is 1.43. The van der Waals surface area contributed by atoms with Crippen molar-refractivity contribution in [2.45, 2.75) is 38.4 Å². The Morgan fingerprint density at radius 3 is 3.14 bits per heavy atom. The lowest BCUT2D eigenvalue weighted by atomic mass is 10.2. The molecule has 1 aliphatic carbocycles. The van der Waals surface area contributed by atoms with Crippen LogP contribution in [0, 0.1) is 5.82 Å². The molecule has 0 radical (unpaired) electrons. The highest BCUT2D eigenvalue weighted by Gasteiger charge is 2.22. The van der Waals surface area contributed by atoms with E-state index in [9.17, 15) is 4.39 Å². The monoisotopic (exact) mass is 303 g/mol. The van der Waals surface area contributed by atoms with Crippen molar-refractivity contribution in [3.8, 4) is 0 Å². The van der Waals surface area contributed by atoms with Gasteiger partial charge in [-0.3, -0.25) is 0 Å². The second-order valence-electron chi connectivity index (χ2n) is 5.83. The van der Waals surface area contributed by atoms with Gasteiger partial charge in [-0.1, -0.05) is 6.07 Å². The Hall–Kier alpha value is -1.46. The molecule has 21 heavy (non-hydrogen) atoms. The molecule has 0 saturated heterocycles. The molecule has 1 saturated carbocycles. The molecule has 1 aromatic heterocycles. The first kappa shape index (κ1) is 13.2. The average molecular weight is 303 g/mol. The summed E-state index contributed by atoms with van der Waals surface area (Å²) < 4.78 is 13.4. The summed E-state index contributed by atoms with van der Waals surface area (Å²) in [6.45, 7) is 2.60. The van der Waals surface area contributed by atoms with E-state index < -0.39 is 0 Å². The van der Waals surface area contributed by atoms with Crippen LogP contribution < -0.4 is 10.2 Å². The number of rotatable bonds is 5. The van der Waals surface area contributed by atoms with E-state index in [2.05, 4.69) is 20.6 Å². The van der Waals surface area contributed by atoms with Crippen LogP contribution >= 0.6 is 11.3 Å². The van der Waals surface area contributed by atoms with Gasteiger partial charge in [-0.15, -0.1) is 11.3 Å². The van der Waals surface area contributed by atoms with Gasteiger partial charge in [-0.25, -0.2) is 9.37 Å². The van der Waals surface area contributed by atoms with Gasteiger partial charge in [0.2, 0.25) is 0 Å². The van der Waals surface area contributed by atoms with E-state index in [1.54, 1.807) is 23.5 Å². The fourth-order valence-corrected chi connectivity index (χ4v) is 3.54. The van der Waals surface area contributed by atoms with Crippen molar-refractivity contribution in [1.29, 1.82) is 0 Å². The van der Waals surface area contributed by atoms with Gasteiger partial charge in [0.15, 0.2) is 0 Å². The zero-order valence-corrected chi connectivity index (χ0v) is 12.6. The van der Waals surface area contributed by atoms with Crippen molar-refractivity contribution >= 4 is 17.0 Å². The third-order valence-electron chi connectivity index (χ3n) is 4.11. The number of nitrogens with zero attached hydrogens (tertiary/aromatic N) is 2. The fraction of sp³-hybridized carbons (Fsp3) is 0.438. The lowest BCUT2D eigenvalue weighted by Gasteiger charge is -2.18. The highest BCUT2D eigenvalue weighted by Crippen LogP contribution is 2.30. The third kappa shape index (κ3) is 2.94. The normalized spacial score (nSPS) is 17.3. The number of benzene rings is 1. The highest BCUT2D eigenvalue weighted by molar-refractivity contribution is 7.09. The minimum absolute atomic E-state index is 0.159. The molecule has 0 spiro atoms. The summed E-state index contributed by atoms with van der Waals surface area (Å²) >= 11 is 1.71. The van der Waals surface area contributed by atoms with Crippen LogP contribution in [-0.2, 0) is 19.5 Å². The van der Waals surface area contributed by atoms with Gasteiger partial charge in [-0.05, 0) is 37.0 Å². The van der Waals surface area contributed by atoms with Crippen LogP contribution in [0.25, 0.3) is 0 Å². The highest BCUT2D eigenvalue weighted by atomic mass is 32.1. The average Bonchev–Trinajstić information content (AvgIpc) is 3.08. The number of anilines is 1. The van der Waals surface area contributed by atoms with Crippen LogP contribution in [0.15, 0.2) is 23.6 Å². The minimum atomic E-state index is -0.159. The molecule has 110 valence electrons. The molecule has 2 heterocycles. The molecular weight excluding hydrogens is 285 g/mol. The molecule has 2 aliphatic rings. The molecule has 0 atom stereocenters. The van der Waals surface area contributed by atoms with Gasteiger partial charge in [0.05, 0.1) is 12.2 Å². The SMILES string of the molecule is Fc1ccc2c(c1)N(Cc1csc(CNC3CC3)n1)CC2. The van der Waals surface area contributed by atoms with Crippen molar-refractivity contribution in [3.63, 3.8) is 0 Å². The lowest BCUT2D eigenvalue weighted by Crippen LogP contribution is -2.20. The first-order valence-electron chi connectivity index (χ1n) is 7.48. The number of fused-ring (bicyclic) bond motifs is 1. The predicted octanol–water partition coefficient (Wildman–Crippen LogP) is 3.10. The van der Waals surface area contributed by atoms with E-state index in [0.717, 1.165) is 42.4 Å². The zero-order valence-electron chi connectivity index (χ0n) is 11.8. The van der Waals surface area contributed by atoms with Crippen LogP contribution in [-0.4, -0.2) is 17.6 Å². The molecule has 0 bridgehead atoms. The smallest absolute Gasteiger partial charge is 0.125 e. The first-order valence-corrected chi connectivity index (χ1v) is 8.36. The van der Waals surface area contributed by atoms with Crippen LogP contribution in [0.5, 0.6) is 0 Å². The summed E-state index contributed by atoms with van der Waals surface area (Å²) in [5.41, 5.74) is 3.35. The second kappa shape index (κ2) is 5.39. The Morgan fingerprint density at radius 2 is 2.29 bits per heavy atom. The summed E-state index contributed by atoms with van der Waals surface area (Å²) in [6, 6.07) is 5.80. The van der Waals surface area contributed by atoms with E-state index in [1.807, 2.05) is 6.07 Å². The first-order chi connectivity index (χ1) is 10.3. The van der Waals surface area contributed by atoms with E-state index in [0.29, 0.717) is 6.04 Å². The maximum Gasteiger partial charge on any atom is 0.125 e. The van der Waals surface area contributed by atoms with Gasteiger partial charge >= 0.3 is 0 Å². The van der Waals surface area contributed by atoms with Crippen molar-refractivity contribution in [3.05, 3.63) is 45.7 Å². The summed E-state index contributed by atoms with van der Waals surface area (Å²) in [7, 11) is 0. The van der Waals surface area contributed by atoms with Crippen LogP contribution in [0.4, 0.5) is 10.1 Å². The number of thiazole rings is 1. The minimum Gasteiger partial charge on any atom is -0.365 e. The number of halogens is 1. The van der Waals surface area contributed by atoms with Gasteiger partial charge in [0.1, 0.15) is 10.8 Å². The van der Waals surface area contributed by atoms with Crippen LogP contribution in [0.2, 0.25) is 0 Å². The quantitative estimate of drug-likeness (QED) is 0.920. The number of nitrogens with one attached hydrogen (secondary N) is 1. The Morgan fingerprint density at radius 1 is 1.38 bits per heavy atom. The number of hydrogen-bond donors (Lipinski definition) is 1. The van der Waals surface area contributed by atoms with Crippen molar-refractivity contribution in [2.75, 3.05) is 11.4 Å². The Labute approximate surface area is 127 Å². The van der Waals surface area contributed by atoms with E-state index >= 15 is 0 Å². The molecule has 1 aromatic carbocycles. The Bertz CT molecular complexity index is 651. The van der Waals surface area contributed by atoms with Gasteiger partial charge in [0, 0.05) is 30.2 Å². The molecule has 3 nitrogen and oxygen atoms in total. The molecule has 0 unspecified atom stereocenters. The summed E-state index contributed by atoms with van der Waals surface area (Å²) in [5.74, 6) is -0.159.